The van der Waals surface area contributed by atoms with Crippen LogP contribution in [0.15, 0.2) is 42.6 Å². The number of hydrogen-bond acceptors (Lipinski definition) is 6. The molecule has 10 nitrogen and oxygen atoms in total. The molecule has 5 rings (SSSR count). The Hall–Kier alpha value is -4.44. The molecule has 1 fully saturated rings. The third-order valence-corrected chi connectivity index (χ3v) is 5.71. The second-order valence-electron chi connectivity index (χ2n) is 8.83. The number of hydrogen-bond donors (Lipinski definition) is 4. The van der Waals surface area contributed by atoms with Crippen molar-refractivity contribution in [3.8, 4) is 11.3 Å². The standard InChI is InChI=1S/C22H23N5O.2C2HF3O2/c1-15-24-21-18(6-7-23-22(21)25-15)20-14-17-13-16(4-5-19(17)26-20)3-2-8-27-9-11-28-12-10-27;2*3-2(4,5)1(6)7/h2-7,13-14,26H,8-12H2,1H3,(H,23,24,25);2*(H,6,7)/b3-2+;;. The van der Waals surface area contributed by atoms with E-state index in [9.17, 15) is 26.3 Å². The molecule has 16 heteroatoms. The number of carbonyl (C=O) groups is 2. The van der Waals surface area contributed by atoms with E-state index >= 15 is 0 Å². The lowest BCUT2D eigenvalue weighted by Crippen LogP contribution is -2.36. The van der Waals surface area contributed by atoms with E-state index in [0.29, 0.717) is 0 Å². The smallest absolute Gasteiger partial charge is 0.475 e. The summed E-state index contributed by atoms with van der Waals surface area (Å²) >= 11 is 0. The summed E-state index contributed by atoms with van der Waals surface area (Å²) < 4.78 is 68.9. The van der Waals surface area contributed by atoms with Crippen LogP contribution in [0.25, 0.3) is 39.4 Å². The van der Waals surface area contributed by atoms with Gasteiger partial charge in [-0.05, 0) is 36.8 Å². The first-order valence-electron chi connectivity index (χ1n) is 12.2. The Kier molecular flexibility index (Phi) is 10.3. The van der Waals surface area contributed by atoms with Gasteiger partial charge in [0.15, 0.2) is 5.65 Å². The van der Waals surface area contributed by atoms with Gasteiger partial charge in [-0.15, -0.1) is 0 Å². The van der Waals surface area contributed by atoms with Gasteiger partial charge < -0.3 is 24.9 Å². The molecule has 0 unspecified atom stereocenters. The number of nitrogens with zero attached hydrogens (tertiary/aromatic N) is 3. The number of aromatic nitrogens is 4. The molecule has 0 radical (unpaired) electrons. The van der Waals surface area contributed by atoms with Crippen LogP contribution in [0.1, 0.15) is 11.4 Å². The average molecular weight is 602 g/mol. The van der Waals surface area contributed by atoms with E-state index in [2.05, 4.69) is 61.3 Å². The third-order valence-electron chi connectivity index (χ3n) is 5.71. The molecule has 1 aliphatic heterocycles. The molecule has 42 heavy (non-hydrogen) atoms. The zero-order chi connectivity index (χ0) is 31.1. The van der Waals surface area contributed by atoms with Gasteiger partial charge in [0.25, 0.3) is 0 Å². The van der Waals surface area contributed by atoms with E-state index in [0.717, 1.165) is 66.6 Å². The summed E-state index contributed by atoms with van der Waals surface area (Å²) in [6.07, 6.45) is -3.92. The number of rotatable bonds is 4. The van der Waals surface area contributed by atoms with Crippen molar-refractivity contribution in [2.45, 2.75) is 19.3 Å². The Balaban J connectivity index is 0.000000289. The highest BCUT2D eigenvalue weighted by atomic mass is 19.4. The van der Waals surface area contributed by atoms with Gasteiger partial charge in [0.1, 0.15) is 5.82 Å². The van der Waals surface area contributed by atoms with Crippen LogP contribution in [-0.4, -0.2) is 92.2 Å². The summed E-state index contributed by atoms with van der Waals surface area (Å²) in [5, 5.41) is 15.4. The number of carboxylic acid groups (broad SMARTS) is 2. The monoisotopic (exact) mass is 601 g/mol. The van der Waals surface area contributed by atoms with Crippen LogP contribution >= 0.6 is 0 Å². The Morgan fingerprint density at radius 1 is 1.00 bits per heavy atom. The van der Waals surface area contributed by atoms with Gasteiger partial charge in [-0.1, -0.05) is 18.2 Å². The normalized spacial score (nSPS) is 14.4. The molecule has 4 heterocycles. The van der Waals surface area contributed by atoms with Crippen LogP contribution in [0, 0.1) is 6.92 Å². The minimum Gasteiger partial charge on any atom is -0.475 e. The number of fused-ring (bicyclic) bond motifs is 2. The minimum atomic E-state index is -5.08. The fraction of sp³-hybridized carbons (Fsp3) is 0.308. The maximum absolute atomic E-state index is 10.6. The molecule has 226 valence electrons. The van der Waals surface area contributed by atoms with E-state index in [4.69, 9.17) is 24.5 Å². The molecule has 0 saturated carbocycles. The summed E-state index contributed by atoms with van der Waals surface area (Å²) in [6.45, 7) is 6.62. The Morgan fingerprint density at radius 2 is 1.62 bits per heavy atom. The lowest BCUT2D eigenvalue weighted by Gasteiger charge is -2.25. The number of H-pyrrole nitrogens is 2. The summed E-state index contributed by atoms with van der Waals surface area (Å²) in [4.78, 5) is 35.8. The van der Waals surface area contributed by atoms with Gasteiger partial charge in [0.05, 0.1) is 18.7 Å². The molecular weight excluding hydrogens is 576 g/mol. The summed E-state index contributed by atoms with van der Waals surface area (Å²) in [6, 6.07) is 10.7. The van der Waals surface area contributed by atoms with Crippen LogP contribution in [-0.2, 0) is 14.3 Å². The number of aliphatic carboxylic acids is 2. The number of morpholine rings is 1. The lowest BCUT2D eigenvalue weighted by atomic mass is 10.1. The maximum atomic E-state index is 10.6. The second-order valence-corrected chi connectivity index (χ2v) is 8.83. The predicted molar refractivity (Wildman–Crippen MR) is 140 cm³/mol. The highest BCUT2D eigenvalue weighted by Gasteiger charge is 2.38. The number of ether oxygens (including phenoxy) is 1. The number of imidazole rings is 1. The fourth-order valence-corrected chi connectivity index (χ4v) is 3.77. The molecule has 4 aromatic rings. The first kappa shape index (κ1) is 32.1. The van der Waals surface area contributed by atoms with Gasteiger partial charge >= 0.3 is 24.3 Å². The molecule has 1 saturated heterocycles. The predicted octanol–water partition coefficient (Wildman–Crippen LogP) is 5.03. The van der Waals surface area contributed by atoms with Crippen LogP contribution < -0.4 is 0 Å². The minimum absolute atomic E-state index is 0.750. The molecule has 0 spiro atoms. The molecule has 0 aliphatic carbocycles. The molecule has 1 aromatic carbocycles. The first-order valence-corrected chi connectivity index (χ1v) is 12.2. The van der Waals surface area contributed by atoms with E-state index < -0.39 is 24.3 Å². The van der Waals surface area contributed by atoms with E-state index in [1.807, 2.05) is 19.2 Å². The van der Waals surface area contributed by atoms with Crippen molar-refractivity contribution < 1.29 is 50.9 Å². The molecule has 0 amide bonds. The molecule has 3 aromatic heterocycles. The van der Waals surface area contributed by atoms with E-state index in [1.54, 1.807) is 0 Å². The van der Waals surface area contributed by atoms with Crippen LogP contribution in [0.5, 0.6) is 0 Å². The first-order chi connectivity index (χ1) is 19.6. The van der Waals surface area contributed by atoms with Gasteiger partial charge in [-0.25, -0.2) is 19.6 Å². The van der Waals surface area contributed by atoms with E-state index in [1.165, 1.54) is 10.9 Å². The average Bonchev–Trinajstić information content (AvgIpc) is 3.51. The van der Waals surface area contributed by atoms with Crippen molar-refractivity contribution in [1.82, 2.24) is 24.8 Å². The van der Waals surface area contributed by atoms with Crippen molar-refractivity contribution in [3.63, 3.8) is 0 Å². The summed E-state index contributed by atoms with van der Waals surface area (Å²) in [7, 11) is 0. The molecule has 0 atom stereocenters. The SMILES string of the molecule is Cc1nc2nccc(-c3cc4cc(/C=C/CN5CCOCC5)ccc4[nH]3)c2[nH]1.O=C(O)C(F)(F)F.O=C(O)C(F)(F)F. The number of benzene rings is 1. The quantitative estimate of drug-likeness (QED) is 0.239. The number of alkyl halides is 6. The largest absolute Gasteiger partial charge is 0.490 e. The number of aromatic amines is 2. The number of pyridine rings is 1. The third kappa shape index (κ3) is 9.04. The highest BCUT2D eigenvalue weighted by molar-refractivity contribution is 5.94. The van der Waals surface area contributed by atoms with Crippen LogP contribution in [0.4, 0.5) is 26.3 Å². The number of carboxylic acids is 2. The van der Waals surface area contributed by atoms with Crippen LogP contribution in [0.2, 0.25) is 0 Å². The fourth-order valence-electron chi connectivity index (χ4n) is 3.77. The van der Waals surface area contributed by atoms with Crippen molar-refractivity contribution in [3.05, 3.63) is 54.0 Å². The van der Waals surface area contributed by atoms with Crippen molar-refractivity contribution in [1.29, 1.82) is 0 Å². The van der Waals surface area contributed by atoms with Crippen LogP contribution in [0.3, 0.4) is 0 Å². The summed E-state index contributed by atoms with van der Waals surface area (Å²) in [5.41, 5.74) is 6.22. The van der Waals surface area contributed by atoms with Gasteiger partial charge in [0, 0.05) is 48.0 Å². The van der Waals surface area contributed by atoms with E-state index in [-0.39, 0.29) is 0 Å². The van der Waals surface area contributed by atoms with Gasteiger partial charge in [-0.2, -0.15) is 26.3 Å². The lowest BCUT2D eigenvalue weighted by molar-refractivity contribution is -0.193. The van der Waals surface area contributed by atoms with Gasteiger partial charge in [-0.3, -0.25) is 4.90 Å². The molecule has 0 bridgehead atoms. The number of aryl methyl sites for hydroxylation is 1. The Labute approximate surface area is 233 Å². The topological polar surface area (TPSA) is 144 Å². The molecular formula is C26H25F6N5O5. The van der Waals surface area contributed by atoms with Gasteiger partial charge in [0.2, 0.25) is 0 Å². The zero-order valence-corrected chi connectivity index (χ0v) is 21.9. The zero-order valence-electron chi connectivity index (χ0n) is 21.9. The van der Waals surface area contributed by atoms with Crippen molar-refractivity contribution in [2.24, 2.45) is 0 Å². The summed E-state index contributed by atoms with van der Waals surface area (Å²) in [5.74, 6) is -4.64. The molecule has 1 aliphatic rings. The number of nitrogens with one attached hydrogen (secondary N) is 2. The molecule has 4 N–H and O–H groups in total. The second kappa shape index (κ2) is 13.5. The Bertz CT molecular complexity index is 1530. The number of halogens is 6. The Morgan fingerprint density at radius 3 is 2.21 bits per heavy atom. The van der Waals surface area contributed by atoms with Crippen molar-refractivity contribution in [2.75, 3.05) is 32.8 Å². The van der Waals surface area contributed by atoms with Crippen molar-refractivity contribution >= 4 is 40.1 Å². The maximum Gasteiger partial charge on any atom is 0.490 e. The highest BCUT2D eigenvalue weighted by Crippen LogP contribution is 2.29.